The summed E-state index contributed by atoms with van der Waals surface area (Å²) in [6.45, 7) is 2.18. The Bertz CT molecular complexity index is 488. The van der Waals surface area contributed by atoms with Crippen LogP contribution in [0.2, 0.25) is 0 Å². The molecule has 0 bridgehead atoms. The molecule has 0 saturated heterocycles. The van der Waals surface area contributed by atoms with Gasteiger partial charge in [0.15, 0.2) is 9.84 Å². The first-order valence-electron chi connectivity index (χ1n) is 6.10. The minimum Gasteiger partial charge on any atom is -0.398 e. The number of nitrogens with two attached hydrogens (primary N) is 1. The third kappa shape index (κ3) is 2.46. The summed E-state index contributed by atoms with van der Waals surface area (Å²) in [5.41, 5.74) is 6.13. The van der Waals surface area contributed by atoms with Crippen molar-refractivity contribution in [1.29, 1.82) is 0 Å². The Hall–Kier alpha value is -1.03. The van der Waals surface area contributed by atoms with Crippen LogP contribution in [0, 0.1) is 5.92 Å². The van der Waals surface area contributed by atoms with Crippen molar-refractivity contribution in [3.05, 3.63) is 24.3 Å². The third-order valence-corrected chi connectivity index (χ3v) is 5.96. The van der Waals surface area contributed by atoms with Crippen LogP contribution in [0.15, 0.2) is 29.2 Å². The molecule has 0 unspecified atom stereocenters. The Labute approximate surface area is 103 Å². The predicted octanol–water partition coefficient (Wildman–Crippen LogP) is 2.62. The molecule has 0 heterocycles. The zero-order chi connectivity index (χ0) is 12.5. The van der Waals surface area contributed by atoms with Crippen LogP contribution in [-0.2, 0) is 9.84 Å². The minimum atomic E-state index is -3.24. The number of benzene rings is 1. The van der Waals surface area contributed by atoms with Crippen LogP contribution in [0.5, 0.6) is 0 Å². The normalized spacial score (nSPS) is 25.7. The summed E-state index contributed by atoms with van der Waals surface area (Å²) in [4.78, 5) is 0.305. The molecular weight excluding hydrogens is 234 g/mol. The fourth-order valence-electron chi connectivity index (χ4n) is 2.46. The van der Waals surface area contributed by atoms with E-state index in [4.69, 9.17) is 5.73 Å². The van der Waals surface area contributed by atoms with Crippen molar-refractivity contribution < 1.29 is 8.42 Å². The van der Waals surface area contributed by atoms with Crippen molar-refractivity contribution in [1.82, 2.24) is 0 Å². The minimum absolute atomic E-state index is 0.247. The van der Waals surface area contributed by atoms with Gasteiger partial charge in [-0.15, -0.1) is 0 Å². The number of hydrogen-bond acceptors (Lipinski definition) is 3. The van der Waals surface area contributed by atoms with E-state index < -0.39 is 9.84 Å². The SMILES string of the molecule is CC1CCC(S(=O)(=O)c2ccccc2N)CC1. The fraction of sp³-hybridized carbons (Fsp3) is 0.538. The van der Waals surface area contributed by atoms with Crippen molar-refractivity contribution in [2.24, 2.45) is 5.92 Å². The monoisotopic (exact) mass is 253 g/mol. The number of hydrogen-bond donors (Lipinski definition) is 1. The Balaban J connectivity index is 2.28. The molecule has 1 fully saturated rings. The second-order valence-electron chi connectivity index (χ2n) is 4.96. The molecule has 3 nitrogen and oxygen atoms in total. The van der Waals surface area contributed by atoms with Crippen LogP contribution in [0.1, 0.15) is 32.6 Å². The van der Waals surface area contributed by atoms with Gasteiger partial charge in [0, 0.05) is 0 Å². The van der Waals surface area contributed by atoms with Gasteiger partial charge < -0.3 is 5.73 Å². The number of sulfone groups is 1. The number of para-hydroxylation sites is 1. The quantitative estimate of drug-likeness (QED) is 0.824. The van der Waals surface area contributed by atoms with Crippen molar-refractivity contribution in [3.63, 3.8) is 0 Å². The van der Waals surface area contributed by atoms with Crippen molar-refractivity contribution in [2.45, 2.75) is 42.8 Å². The fourth-order valence-corrected chi connectivity index (χ4v) is 4.38. The van der Waals surface area contributed by atoms with Gasteiger partial charge in [0.25, 0.3) is 0 Å². The summed E-state index contributed by atoms with van der Waals surface area (Å²) in [7, 11) is -3.24. The van der Waals surface area contributed by atoms with Crippen LogP contribution in [0.25, 0.3) is 0 Å². The predicted molar refractivity (Wildman–Crippen MR) is 69.5 cm³/mol. The molecule has 1 aliphatic carbocycles. The first-order valence-corrected chi connectivity index (χ1v) is 7.65. The molecule has 0 spiro atoms. The highest BCUT2D eigenvalue weighted by molar-refractivity contribution is 7.92. The molecule has 2 rings (SSSR count). The molecule has 1 aromatic rings. The Morgan fingerprint density at radius 2 is 1.71 bits per heavy atom. The van der Waals surface area contributed by atoms with Gasteiger partial charge in [-0.05, 0) is 43.7 Å². The number of rotatable bonds is 2. The molecule has 4 heteroatoms. The largest absolute Gasteiger partial charge is 0.398 e. The smallest absolute Gasteiger partial charge is 0.183 e. The standard InChI is InChI=1S/C13H19NO2S/c1-10-6-8-11(9-7-10)17(15,16)13-5-3-2-4-12(13)14/h2-5,10-11H,6-9,14H2,1H3. The number of anilines is 1. The van der Waals surface area contributed by atoms with E-state index in [1.165, 1.54) is 0 Å². The Morgan fingerprint density at radius 3 is 2.29 bits per heavy atom. The molecule has 0 aliphatic heterocycles. The average molecular weight is 253 g/mol. The summed E-state index contributed by atoms with van der Waals surface area (Å²) in [5, 5.41) is -0.247. The first kappa shape index (κ1) is 12.4. The van der Waals surface area contributed by atoms with E-state index in [-0.39, 0.29) is 5.25 Å². The van der Waals surface area contributed by atoms with E-state index in [1.807, 2.05) is 0 Å². The van der Waals surface area contributed by atoms with Gasteiger partial charge in [0.2, 0.25) is 0 Å². The van der Waals surface area contributed by atoms with E-state index in [2.05, 4.69) is 6.92 Å². The average Bonchev–Trinajstić information content (AvgIpc) is 2.30. The molecule has 0 amide bonds. The third-order valence-electron chi connectivity index (χ3n) is 3.63. The van der Waals surface area contributed by atoms with E-state index in [0.717, 1.165) is 25.7 Å². The second-order valence-corrected chi connectivity index (χ2v) is 7.16. The van der Waals surface area contributed by atoms with Crippen LogP contribution in [0.4, 0.5) is 5.69 Å². The summed E-state index contributed by atoms with van der Waals surface area (Å²) in [6, 6.07) is 6.76. The summed E-state index contributed by atoms with van der Waals surface area (Å²) < 4.78 is 24.9. The second kappa shape index (κ2) is 4.69. The van der Waals surface area contributed by atoms with Crippen LogP contribution in [0.3, 0.4) is 0 Å². The molecule has 2 N–H and O–H groups in total. The van der Waals surface area contributed by atoms with Crippen molar-refractivity contribution in [3.8, 4) is 0 Å². The molecule has 1 aromatic carbocycles. The van der Waals surface area contributed by atoms with E-state index in [1.54, 1.807) is 24.3 Å². The summed E-state index contributed by atoms with van der Waals surface area (Å²) in [5.74, 6) is 0.648. The van der Waals surface area contributed by atoms with Gasteiger partial charge in [-0.25, -0.2) is 8.42 Å². The molecule has 0 aromatic heterocycles. The van der Waals surface area contributed by atoms with Gasteiger partial charge >= 0.3 is 0 Å². The van der Waals surface area contributed by atoms with Gasteiger partial charge in [0.05, 0.1) is 15.8 Å². The molecule has 17 heavy (non-hydrogen) atoms. The maximum atomic E-state index is 12.4. The van der Waals surface area contributed by atoms with E-state index >= 15 is 0 Å². The van der Waals surface area contributed by atoms with Gasteiger partial charge in [0.1, 0.15) is 0 Å². The Morgan fingerprint density at radius 1 is 1.12 bits per heavy atom. The summed E-state index contributed by atoms with van der Waals surface area (Å²) >= 11 is 0. The Kier molecular flexibility index (Phi) is 3.43. The molecule has 1 aliphatic rings. The lowest BCUT2D eigenvalue weighted by molar-refractivity contribution is 0.382. The lowest BCUT2D eigenvalue weighted by Gasteiger charge is -2.26. The van der Waals surface area contributed by atoms with Crippen molar-refractivity contribution >= 4 is 15.5 Å². The van der Waals surface area contributed by atoms with Crippen LogP contribution < -0.4 is 5.73 Å². The maximum absolute atomic E-state index is 12.4. The highest BCUT2D eigenvalue weighted by Gasteiger charge is 2.31. The van der Waals surface area contributed by atoms with E-state index in [0.29, 0.717) is 16.5 Å². The van der Waals surface area contributed by atoms with E-state index in [9.17, 15) is 8.42 Å². The highest BCUT2D eigenvalue weighted by Crippen LogP contribution is 2.33. The molecule has 0 atom stereocenters. The number of nitrogen functional groups attached to an aromatic ring is 1. The maximum Gasteiger partial charge on any atom is 0.183 e. The van der Waals surface area contributed by atoms with Crippen LogP contribution in [-0.4, -0.2) is 13.7 Å². The van der Waals surface area contributed by atoms with Gasteiger partial charge in [-0.1, -0.05) is 19.1 Å². The summed E-state index contributed by atoms with van der Waals surface area (Å²) in [6.07, 6.45) is 3.52. The zero-order valence-electron chi connectivity index (χ0n) is 10.1. The molecule has 0 radical (unpaired) electrons. The zero-order valence-corrected chi connectivity index (χ0v) is 10.9. The van der Waals surface area contributed by atoms with Gasteiger partial charge in [-0.3, -0.25) is 0 Å². The lowest BCUT2D eigenvalue weighted by Crippen LogP contribution is -2.27. The van der Waals surface area contributed by atoms with Gasteiger partial charge in [-0.2, -0.15) is 0 Å². The molecular formula is C13H19NO2S. The van der Waals surface area contributed by atoms with Crippen LogP contribution >= 0.6 is 0 Å². The first-order chi connectivity index (χ1) is 8.01. The topological polar surface area (TPSA) is 60.2 Å². The van der Waals surface area contributed by atoms with Crippen molar-refractivity contribution in [2.75, 3.05) is 5.73 Å². The lowest BCUT2D eigenvalue weighted by atomic mass is 9.91. The molecule has 94 valence electrons. The highest BCUT2D eigenvalue weighted by atomic mass is 32.2. The molecule has 1 saturated carbocycles.